The molecule has 0 spiro atoms. The van der Waals surface area contributed by atoms with Crippen LogP contribution in [0.15, 0.2) is 48.5 Å². The maximum Gasteiger partial charge on any atom is 0.261 e. The molecule has 3 aromatic rings. The minimum absolute atomic E-state index is 0.0387. The fourth-order valence-corrected chi connectivity index (χ4v) is 2.99. The smallest absolute Gasteiger partial charge is 0.261 e. The van der Waals surface area contributed by atoms with Crippen LogP contribution in [0, 0.1) is 0 Å². The van der Waals surface area contributed by atoms with Crippen LogP contribution in [0.2, 0.25) is 0 Å². The molecule has 25 heavy (non-hydrogen) atoms. The highest BCUT2D eigenvalue weighted by Crippen LogP contribution is 2.37. The summed E-state index contributed by atoms with van der Waals surface area (Å²) in [5.41, 5.74) is 2.93. The SMILES string of the molecule is C[C@H]1c2ccccc2O[C@@H]1C(=O)NCc1ccc(-c2nn[nH]n2)cc1. The summed E-state index contributed by atoms with van der Waals surface area (Å²) in [5, 5.41) is 16.8. The van der Waals surface area contributed by atoms with Gasteiger partial charge in [0.2, 0.25) is 5.82 Å². The molecule has 4 rings (SSSR count). The molecule has 1 aliphatic rings. The number of aromatic amines is 1. The fraction of sp³-hybridized carbons (Fsp3) is 0.222. The lowest BCUT2D eigenvalue weighted by atomic mass is 9.97. The highest BCUT2D eigenvalue weighted by Gasteiger charge is 2.35. The topological polar surface area (TPSA) is 92.8 Å². The van der Waals surface area contributed by atoms with Crippen molar-refractivity contribution in [2.75, 3.05) is 0 Å². The summed E-state index contributed by atoms with van der Waals surface area (Å²) >= 11 is 0. The third kappa shape index (κ3) is 2.96. The summed E-state index contributed by atoms with van der Waals surface area (Å²) in [5.74, 6) is 1.27. The van der Waals surface area contributed by atoms with Gasteiger partial charge in [0.15, 0.2) is 6.10 Å². The number of amides is 1. The third-order valence-electron chi connectivity index (χ3n) is 4.40. The normalized spacial score (nSPS) is 18.4. The number of nitrogens with zero attached hydrogens (tertiary/aromatic N) is 3. The average Bonchev–Trinajstić information content (AvgIpc) is 3.29. The molecule has 126 valence electrons. The Morgan fingerprint density at radius 3 is 2.72 bits per heavy atom. The number of carbonyl (C=O) groups excluding carboxylic acids is 1. The monoisotopic (exact) mass is 335 g/mol. The lowest BCUT2D eigenvalue weighted by Gasteiger charge is -2.15. The van der Waals surface area contributed by atoms with Gasteiger partial charge < -0.3 is 10.1 Å². The molecule has 0 bridgehead atoms. The second kappa shape index (κ2) is 6.35. The number of ether oxygens (including phenoxy) is 1. The van der Waals surface area contributed by atoms with Crippen LogP contribution in [0.5, 0.6) is 5.75 Å². The number of hydrogen-bond acceptors (Lipinski definition) is 5. The second-order valence-electron chi connectivity index (χ2n) is 6.02. The van der Waals surface area contributed by atoms with Crippen molar-refractivity contribution >= 4 is 5.91 Å². The molecule has 1 amide bonds. The Labute approximate surface area is 144 Å². The number of hydrogen-bond donors (Lipinski definition) is 2. The Kier molecular flexibility index (Phi) is 3.89. The van der Waals surface area contributed by atoms with Crippen LogP contribution >= 0.6 is 0 Å². The third-order valence-corrected chi connectivity index (χ3v) is 4.40. The van der Waals surface area contributed by atoms with Gasteiger partial charge in [-0.25, -0.2) is 0 Å². The van der Waals surface area contributed by atoms with Gasteiger partial charge in [-0.05, 0) is 16.8 Å². The van der Waals surface area contributed by atoms with Crippen LogP contribution in [0.3, 0.4) is 0 Å². The molecule has 7 heteroatoms. The first-order chi connectivity index (χ1) is 12.2. The molecular formula is C18H17N5O2. The molecule has 0 saturated heterocycles. The van der Waals surface area contributed by atoms with E-state index in [9.17, 15) is 4.79 Å². The summed E-state index contributed by atoms with van der Waals surface area (Å²) in [6, 6.07) is 15.4. The van der Waals surface area contributed by atoms with Gasteiger partial charge >= 0.3 is 0 Å². The van der Waals surface area contributed by atoms with E-state index in [0.29, 0.717) is 12.4 Å². The second-order valence-corrected chi connectivity index (χ2v) is 6.02. The van der Waals surface area contributed by atoms with Gasteiger partial charge in [0.1, 0.15) is 5.75 Å². The van der Waals surface area contributed by atoms with Crippen LogP contribution in [0.4, 0.5) is 0 Å². The largest absolute Gasteiger partial charge is 0.480 e. The van der Waals surface area contributed by atoms with E-state index in [1.165, 1.54) is 0 Å². The van der Waals surface area contributed by atoms with Crippen molar-refractivity contribution in [2.24, 2.45) is 0 Å². The van der Waals surface area contributed by atoms with Gasteiger partial charge in [-0.3, -0.25) is 4.79 Å². The van der Waals surface area contributed by atoms with Gasteiger partial charge in [-0.15, -0.1) is 10.2 Å². The predicted octanol–water partition coefficient (Wildman–Crippen LogP) is 2.05. The highest BCUT2D eigenvalue weighted by molar-refractivity contribution is 5.83. The standard InChI is InChI=1S/C18H17N5O2/c1-11-14-4-2-3-5-15(14)25-16(11)18(24)19-10-12-6-8-13(9-7-12)17-20-22-23-21-17/h2-9,11,16H,10H2,1H3,(H,19,24)(H,20,21,22,23)/t11-,16-/m0/s1. The Morgan fingerprint density at radius 1 is 1.20 bits per heavy atom. The molecule has 2 aromatic carbocycles. The van der Waals surface area contributed by atoms with Crippen molar-refractivity contribution in [3.63, 3.8) is 0 Å². The Bertz CT molecular complexity index is 877. The summed E-state index contributed by atoms with van der Waals surface area (Å²) in [6.45, 7) is 2.45. The number of tetrazole rings is 1. The first-order valence-electron chi connectivity index (χ1n) is 8.08. The molecule has 0 unspecified atom stereocenters. The summed E-state index contributed by atoms with van der Waals surface area (Å²) < 4.78 is 5.80. The van der Waals surface area contributed by atoms with Crippen LogP contribution in [-0.2, 0) is 11.3 Å². The average molecular weight is 335 g/mol. The van der Waals surface area contributed by atoms with E-state index in [-0.39, 0.29) is 11.8 Å². The van der Waals surface area contributed by atoms with Gasteiger partial charge in [-0.1, -0.05) is 49.4 Å². The first-order valence-corrected chi connectivity index (χ1v) is 8.08. The fourth-order valence-electron chi connectivity index (χ4n) is 2.99. The highest BCUT2D eigenvalue weighted by atomic mass is 16.5. The van der Waals surface area contributed by atoms with E-state index in [0.717, 1.165) is 22.4 Å². The summed E-state index contributed by atoms with van der Waals surface area (Å²) in [7, 11) is 0. The number of aromatic nitrogens is 4. The minimum atomic E-state index is -0.490. The van der Waals surface area contributed by atoms with Gasteiger partial charge in [0, 0.05) is 23.6 Å². The van der Waals surface area contributed by atoms with Crippen LogP contribution in [0.1, 0.15) is 24.0 Å². The van der Waals surface area contributed by atoms with Gasteiger partial charge in [-0.2, -0.15) is 5.21 Å². The van der Waals surface area contributed by atoms with Crippen molar-refractivity contribution in [2.45, 2.75) is 25.5 Å². The maximum absolute atomic E-state index is 12.5. The maximum atomic E-state index is 12.5. The zero-order valence-corrected chi connectivity index (χ0v) is 13.6. The molecule has 2 N–H and O–H groups in total. The number of rotatable bonds is 4. The zero-order chi connectivity index (χ0) is 17.2. The van der Waals surface area contributed by atoms with Gasteiger partial charge in [0.05, 0.1) is 0 Å². The number of para-hydroxylation sites is 1. The van der Waals surface area contributed by atoms with Crippen LogP contribution < -0.4 is 10.1 Å². The molecule has 0 radical (unpaired) electrons. The number of benzene rings is 2. The molecule has 7 nitrogen and oxygen atoms in total. The Hall–Kier alpha value is -3.22. The molecular weight excluding hydrogens is 318 g/mol. The van der Waals surface area contributed by atoms with Crippen LogP contribution in [-0.4, -0.2) is 32.6 Å². The number of H-pyrrole nitrogens is 1. The van der Waals surface area contributed by atoms with E-state index < -0.39 is 6.10 Å². The Balaban J connectivity index is 1.38. The lowest BCUT2D eigenvalue weighted by Crippen LogP contribution is -2.38. The molecule has 0 saturated carbocycles. The molecule has 2 heterocycles. The molecule has 1 aromatic heterocycles. The summed E-state index contributed by atoms with van der Waals surface area (Å²) in [4.78, 5) is 12.5. The Morgan fingerprint density at radius 2 is 2.00 bits per heavy atom. The van der Waals surface area contributed by atoms with Crippen molar-refractivity contribution in [1.29, 1.82) is 0 Å². The molecule has 0 fully saturated rings. The first kappa shape index (κ1) is 15.3. The van der Waals surface area contributed by atoms with E-state index in [1.807, 2.05) is 55.5 Å². The van der Waals surface area contributed by atoms with E-state index >= 15 is 0 Å². The lowest BCUT2D eigenvalue weighted by molar-refractivity contribution is -0.128. The number of fused-ring (bicyclic) bond motifs is 1. The van der Waals surface area contributed by atoms with Crippen molar-refractivity contribution in [3.8, 4) is 17.1 Å². The van der Waals surface area contributed by atoms with Crippen molar-refractivity contribution < 1.29 is 9.53 Å². The van der Waals surface area contributed by atoms with E-state index in [1.54, 1.807) is 0 Å². The number of carbonyl (C=O) groups is 1. The van der Waals surface area contributed by atoms with E-state index in [4.69, 9.17) is 4.74 Å². The zero-order valence-electron chi connectivity index (χ0n) is 13.6. The quantitative estimate of drug-likeness (QED) is 0.761. The number of nitrogens with one attached hydrogen (secondary N) is 2. The van der Waals surface area contributed by atoms with Crippen molar-refractivity contribution in [3.05, 3.63) is 59.7 Å². The summed E-state index contributed by atoms with van der Waals surface area (Å²) in [6.07, 6.45) is -0.490. The van der Waals surface area contributed by atoms with E-state index in [2.05, 4.69) is 25.9 Å². The molecule has 2 atom stereocenters. The van der Waals surface area contributed by atoms with Crippen molar-refractivity contribution in [1.82, 2.24) is 25.9 Å². The predicted molar refractivity (Wildman–Crippen MR) is 90.7 cm³/mol. The molecule has 1 aliphatic heterocycles. The van der Waals surface area contributed by atoms with Gasteiger partial charge in [0.25, 0.3) is 5.91 Å². The van der Waals surface area contributed by atoms with Crippen LogP contribution in [0.25, 0.3) is 11.4 Å². The minimum Gasteiger partial charge on any atom is -0.480 e. The molecule has 0 aliphatic carbocycles.